The molecule has 0 N–H and O–H groups in total. The molecule has 0 radical (unpaired) electrons. The fourth-order valence-electron chi connectivity index (χ4n) is 9.74. The maximum Gasteiger partial charge on any atom is 0.160 e. The van der Waals surface area contributed by atoms with Gasteiger partial charge >= 0.3 is 0 Å². The van der Waals surface area contributed by atoms with Crippen LogP contribution in [0.15, 0.2) is 231 Å². The normalized spacial score (nSPS) is 12.6. The van der Waals surface area contributed by atoms with Gasteiger partial charge in [0, 0.05) is 36.9 Å². The molecule has 0 fully saturated rings. The smallest absolute Gasteiger partial charge is 0.160 e. The van der Waals surface area contributed by atoms with Crippen molar-refractivity contribution >= 4 is 31.5 Å². The zero-order valence-electron chi connectivity index (χ0n) is 33.7. The Kier molecular flexibility index (Phi) is 8.62. The summed E-state index contributed by atoms with van der Waals surface area (Å²) in [5.74, 6) is 0.700. The molecule has 0 atom stereocenters. The number of aromatic nitrogens is 2. The number of rotatable bonds is 7. The van der Waals surface area contributed by atoms with Crippen molar-refractivity contribution in [1.29, 1.82) is 0 Å². The van der Waals surface area contributed by atoms with E-state index in [0.29, 0.717) is 5.82 Å². The topological polar surface area (TPSA) is 25.8 Å². The number of nitrogens with zero attached hydrogens (tertiary/aromatic N) is 2. The van der Waals surface area contributed by atoms with E-state index in [1.807, 2.05) is 17.4 Å². The van der Waals surface area contributed by atoms with Crippen molar-refractivity contribution in [3.63, 3.8) is 0 Å². The zero-order chi connectivity index (χ0) is 41.0. The molecule has 0 saturated carbocycles. The number of benzene rings is 9. The lowest BCUT2D eigenvalue weighted by molar-refractivity contribution is 0.768. The Labute approximate surface area is 365 Å². The molecule has 0 amide bonds. The molecule has 12 rings (SSSR count). The summed E-state index contributed by atoms with van der Waals surface area (Å²) in [7, 11) is 0. The fourth-order valence-corrected chi connectivity index (χ4v) is 11.0. The van der Waals surface area contributed by atoms with Crippen LogP contribution in [0.4, 0.5) is 0 Å². The van der Waals surface area contributed by atoms with E-state index in [4.69, 9.17) is 9.97 Å². The van der Waals surface area contributed by atoms with Crippen LogP contribution in [-0.4, -0.2) is 9.97 Å². The third-order valence-corrected chi connectivity index (χ3v) is 13.8. The standard InChI is InChI=1S/C59H38N2S/c1-4-16-41(17-5-1)58-60-54(40-32-30-39(31-33-40)42-18-14-19-43(36-42)47-26-15-27-51-50-25-11-13-29-56(50)62-57(47)51)38-55(61-58)44-34-35-49-48-24-10-12-28-52(48)59(53(49)37-44,45-20-6-2-7-21-45)46-22-8-3-9-23-46/h1-38H. The number of hydrogen-bond acceptors (Lipinski definition) is 3. The minimum atomic E-state index is -0.500. The van der Waals surface area contributed by atoms with Crippen molar-refractivity contribution < 1.29 is 0 Å². The summed E-state index contributed by atoms with van der Waals surface area (Å²) in [6, 6.07) is 83.3. The molecule has 1 aliphatic rings. The van der Waals surface area contributed by atoms with Crippen LogP contribution >= 0.6 is 11.3 Å². The summed E-state index contributed by atoms with van der Waals surface area (Å²) in [6.07, 6.45) is 0. The van der Waals surface area contributed by atoms with Crippen molar-refractivity contribution in [3.8, 4) is 67.3 Å². The van der Waals surface area contributed by atoms with Gasteiger partial charge in [-0.3, -0.25) is 0 Å². The molecule has 0 aliphatic heterocycles. The van der Waals surface area contributed by atoms with Crippen LogP contribution in [0.25, 0.3) is 87.5 Å². The monoisotopic (exact) mass is 806 g/mol. The van der Waals surface area contributed by atoms with Crippen LogP contribution in [0, 0.1) is 0 Å². The Morgan fingerprint density at radius 1 is 0.323 bits per heavy atom. The minimum Gasteiger partial charge on any atom is -0.228 e. The van der Waals surface area contributed by atoms with Crippen LogP contribution in [0.5, 0.6) is 0 Å². The molecule has 0 saturated heterocycles. The van der Waals surface area contributed by atoms with E-state index in [-0.39, 0.29) is 0 Å². The minimum absolute atomic E-state index is 0.500. The second-order valence-electron chi connectivity index (χ2n) is 16.1. The molecule has 2 aromatic heterocycles. The molecule has 2 heterocycles. The van der Waals surface area contributed by atoms with Gasteiger partial charge in [-0.1, -0.05) is 206 Å². The Hall–Kier alpha value is -7.72. The van der Waals surface area contributed by atoms with Crippen molar-refractivity contribution in [2.24, 2.45) is 0 Å². The van der Waals surface area contributed by atoms with Gasteiger partial charge in [-0.2, -0.15) is 0 Å². The summed E-state index contributed by atoms with van der Waals surface area (Å²) >= 11 is 1.87. The van der Waals surface area contributed by atoms with E-state index in [2.05, 4.69) is 224 Å². The predicted molar refractivity (Wildman–Crippen MR) is 259 cm³/mol. The maximum atomic E-state index is 5.30. The molecule has 11 aromatic rings. The van der Waals surface area contributed by atoms with Crippen LogP contribution in [0.3, 0.4) is 0 Å². The molecule has 0 spiro atoms. The first-order chi connectivity index (χ1) is 30.7. The van der Waals surface area contributed by atoms with E-state index in [1.165, 1.54) is 70.2 Å². The van der Waals surface area contributed by atoms with Gasteiger partial charge < -0.3 is 0 Å². The Morgan fingerprint density at radius 2 is 0.871 bits per heavy atom. The highest BCUT2D eigenvalue weighted by molar-refractivity contribution is 7.26. The predicted octanol–water partition coefficient (Wildman–Crippen LogP) is 15.5. The van der Waals surface area contributed by atoms with E-state index >= 15 is 0 Å². The van der Waals surface area contributed by atoms with Gasteiger partial charge in [0.05, 0.1) is 16.8 Å². The Balaban J connectivity index is 0.968. The number of fused-ring (bicyclic) bond motifs is 6. The van der Waals surface area contributed by atoms with Crippen LogP contribution < -0.4 is 0 Å². The van der Waals surface area contributed by atoms with E-state index < -0.39 is 5.41 Å². The first-order valence-electron chi connectivity index (χ1n) is 21.1. The fraction of sp³-hybridized carbons (Fsp3) is 0.0169. The largest absolute Gasteiger partial charge is 0.228 e. The highest BCUT2D eigenvalue weighted by atomic mass is 32.1. The van der Waals surface area contributed by atoms with Gasteiger partial charge in [-0.25, -0.2) is 9.97 Å². The lowest BCUT2D eigenvalue weighted by atomic mass is 9.67. The summed E-state index contributed by atoms with van der Waals surface area (Å²) in [5.41, 5.74) is 16.7. The van der Waals surface area contributed by atoms with Gasteiger partial charge in [0.25, 0.3) is 0 Å². The summed E-state index contributed by atoms with van der Waals surface area (Å²) in [4.78, 5) is 10.5. The molecular formula is C59H38N2S. The van der Waals surface area contributed by atoms with Gasteiger partial charge in [-0.15, -0.1) is 11.3 Å². The van der Waals surface area contributed by atoms with Gasteiger partial charge in [0.15, 0.2) is 5.82 Å². The van der Waals surface area contributed by atoms with Gasteiger partial charge in [-0.05, 0) is 79.9 Å². The quantitative estimate of drug-likeness (QED) is 0.160. The lowest BCUT2D eigenvalue weighted by Crippen LogP contribution is -2.28. The van der Waals surface area contributed by atoms with Crippen molar-refractivity contribution in [2.45, 2.75) is 5.41 Å². The third kappa shape index (κ3) is 5.85. The molecule has 3 heteroatoms. The number of thiophene rings is 1. The average Bonchev–Trinajstić information content (AvgIpc) is 3.89. The zero-order valence-corrected chi connectivity index (χ0v) is 34.6. The molecular weight excluding hydrogens is 769 g/mol. The summed E-state index contributed by atoms with van der Waals surface area (Å²) in [6.45, 7) is 0. The molecule has 2 nitrogen and oxygen atoms in total. The first kappa shape index (κ1) is 36.2. The second kappa shape index (κ2) is 14.8. The first-order valence-corrected chi connectivity index (χ1v) is 22.0. The SMILES string of the molecule is c1ccc(-c2nc(-c3ccc(-c4cccc(-c5cccc6c5sc5ccccc56)c4)cc3)cc(-c3ccc4c(c3)C(c3ccccc3)(c3ccccc3)c3ccccc3-4)n2)cc1. The van der Waals surface area contributed by atoms with E-state index in [0.717, 1.165) is 33.6 Å². The van der Waals surface area contributed by atoms with E-state index in [9.17, 15) is 0 Å². The van der Waals surface area contributed by atoms with Crippen molar-refractivity contribution in [2.75, 3.05) is 0 Å². The summed E-state index contributed by atoms with van der Waals surface area (Å²) < 4.78 is 2.65. The Morgan fingerprint density at radius 3 is 1.65 bits per heavy atom. The van der Waals surface area contributed by atoms with Gasteiger partial charge in [0.2, 0.25) is 0 Å². The highest BCUT2D eigenvalue weighted by Crippen LogP contribution is 2.56. The maximum absolute atomic E-state index is 5.30. The van der Waals surface area contributed by atoms with Crippen LogP contribution in [-0.2, 0) is 5.41 Å². The molecule has 0 bridgehead atoms. The molecule has 290 valence electrons. The average molecular weight is 807 g/mol. The van der Waals surface area contributed by atoms with Gasteiger partial charge in [0.1, 0.15) is 0 Å². The van der Waals surface area contributed by atoms with Crippen LogP contribution in [0.1, 0.15) is 22.3 Å². The van der Waals surface area contributed by atoms with E-state index in [1.54, 1.807) is 0 Å². The lowest BCUT2D eigenvalue weighted by Gasteiger charge is -2.34. The van der Waals surface area contributed by atoms with Crippen molar-refractivity contribution in [1.82, 2.24) is 9.97 Å². The number of hydrogen-bond donors (Lipinski definition) is 0. The third-order valence-electron chi connectivity index (χ3n) is 12.6. The van der Waals surface area contributed by atoms with Crippen molar-refractivity contribution in [3.05, 3.63) is 253 Å². The second-order valence-corrected chi connectivity index (χ2v) is 17.1. The Bertz CT molecular complexity index is 3400. The van der Waals surface area contributed by atoms with Crippen LogP contribution in [0.2, 0.25) is 0 Å². The molecule has 0 unspecified atom stereocenters. The molecule has 1 aliphatic carbocycles. The molecule has 9 aromatic carbocycles. The molecule has 62 heavy (non-hydrogen) atoms. The summed E-state index contributed by atoms with van der Waals surface area (Å²) in [5, 5.41) is 2.63. The highest BCUT2D eigenvalue weighted by Gasteiger charge is 2.46.